The Morgan fingerprint density at radius 3 is 2.65 bits per heavy atom. The highest BCUT2D eigenvalue weighted by Gasteiger charge is 2.34. The minimum absolute atomic E-state index is 0.0789. The van der Waals surface area contributed by atoms with E-state index in [4.69, 9.17) is 9.47 Å². The Hall–Kier alpha value is -1.89. The van der Waals surface area contributed by atoms with Crippen molar-refractivity contribution in [3.8, 4) is 5.75 Å². The van der Waals surface area contributed by atoms with E-state index in [1.807, 2.05) is 24.3 Å². The number of rotatable bonds is 5. The Kier molecular flexibility index (Phi) is 6.15. The second-order valence-corrected chi connectivity index (χ2v) is 6.27. The maximum atomic E-state index is 12.3. The molecule has 1 aromatic rings. The first-order valence-electron chi connectivity index (χ1n) is 7.48. The van der Waals surface area contributed by atoms with Crippen LogP contribution in [-0.2, 0) is 16.1 Å². The third-order valence-electron chi connectivity index (χ3n) is 3.73. The van der Waals surface area contributed by atoms with E-state index >= 15 is 0 Å². The van der Waals surface area contributed by atoms with Gasteiger partial charge in [0.2, 0.25) is 5.91 Å². The van der Waals surface area contributed by atoms with Crippen LogP contribution in [0.15, 0.2) is 24.3 Å². The maximum Gasteiger partial charge on any atom is 0.410 e. The van der Waals surface area contributed by atoms with Gasteiger partial charge in [-0.05, 0) is 24.1 Å². The Morgan fingerprint density at radius 2 is 2.04 bits per heavy atom. The second kappa shape index (κ2) is 8.10. The van der Waals surface area contributed by atoms with Gasteiger partial charge >= 0.3 is 6.09 Å². The van der Waals surface area contributed by atoms with E-state index < -0.39 is 0 Å². The molecular weight excluding hydrogens is 316 g/mol. The van der Waals surface area contributed by atoms with Crippen LogP contribution >= 0.6 is 12.6 Å². The van der Waals surface area contributed by atoms with Crippen molar-refractivity contribution in [1.82, 2.24) is 10.2 Å². The van der Waals surface area contributed by atoms with Gasteiger partial charge in [0.05, 0.1) is 13.2 Å². The molecule has 0 radical (unpaired) electrons. The zero-order chi connectivity index (χ0) is 16.8. The second-order valence-electron chi connectivity index (χ2n) is 5.54. The molecule has 0 spiro atoms. The molecule has 1 heterocycles. The van der Waals surface area contributed by atoms with Gasteiger partial charge in [0.1, 0.15) is 12.4 Å². The SMILES string of the molecule is COc1ccc(COC(=O)N2C[C@@H](S)C[C@H]2CNC(C)=O)cc1. The molecular formula is C16H22N2O4S. The van der Waals surface area contributed by atoms with Gasteiger partial charge in [-0.25, -0.2) is 4.79 Å². The number of amides is 2. The molecule has 6 nitrogen and oxygen atoms in total. The minimum atomic E-state index is -0.382. The quantitative estimate of drug-likeness (QED) is 0.804. The van der Waals surface area contributed by atoms with E-state index in [1.54, 1.807) is 12.0 Å². The van der Waals surface area contributed by atoms with Crippen molar-refractivity contribution in [2.24, 2.45) is 0 Å². The monoisotopic (exact) mass is 338 g/mol. The maximum absolute atomic E-state index is 12.3. The highest BCUT2D eigenvalue weighted by atomic mass is 32.1. The summed E-state index contributed by atoms with van der Waals surface area (Å²) in [7, 11) is 1.60. The van der Waals surface area contributed by atoms with E-state index in [0.717, 1.165) is 17.7 Å². The van der Waals surface area contributed by atoms with Gasteiger partial charge in [0.15, 0.2) is 0 Å². The van der Waals surface area contributed by atoms with Crippen LogP contribution in [0.5, 0.6) is 5.75 Å². The minimum Gasteiger partial charge on any atom is -0.497 e. The Labute approximate surface area is 141 Å². The molecule has 23 heavy (non-hydrogen) atoms. The molecule has 0 aromatic heterocycles. The van der Waals surface area contributed by atoms with E-state index in [1.165, 1.54) is 6.92 Å². The third-order valence-corrected chi connectivity index (χ3v) is 4.11. The number of thiol groups is 1. The first-order chi connectivity index (χ1) is 11.0. The third kappa shape index (κ3) is 5.06. The van der Waals surface area contributed by atoms with Crippen LogP contribution in [-0.4, -0.2) is 48.4 Å². The summed E-state index contributed by atoms with van der Waals surface area (Å²) in [6, 6.07) is 7.27. The summed E-state index contributed by atoms with van der Waals surface area (Å²) in [5, 5.41) is 2.84. The number of nitrogens with one attached hydrogen (secondary N) is 1. The first-order valence-corrected chi connectivity index (χ1v) is 8.00. The number of methoxy groups -OCH3 is 1. The number of carbonyl (C=O) groups is 2. The number of hydrogen-bond donors (Lipinski definition) is 2. The predicted octanol–water partition coefficient (Wildman–Crippen LogP) is 1.84. The summed E-state index contributed by atoms with van der Waals surface area (Å²) >= 11 is 4.43. The summed E-state index contributed by atoms with van der Waals surface area (Å²) in [5.74, 6) is 0.645. The van der Waals surface area contributed by atoms with Crippen LogP contribution < -0.4 is 10.1 Å². The fourth-order valence-electron chi connectivity index (χ4n) is 2.52. The normalized spacial score (nSPS) is 20.2. The van der Waals surface area contributed by atoms with Gasteiger partial charge in [-0.1, -0.05) is 12.1 Å². The number of nitrogens with zero attached hydrogens (tertiary/aromatic N) is 1. The smallest absolute Gasteiger partial charge is 0.410 e. The lowest BCUT2D eigenvalue weighted by molar-refractivity contribution is -0.119. The summed E-state index contributed by atoms with van der Waals surface area (Å²) in [4.78, 5) is 25.0. The Balaban J connectivity index is 1.88. The molecule has 2 atom stereocenters. The first kappa shape index (κ1) is 17.5. The summed E-state index contributed by atoms with van der Waals surface area (Å²) in [6.07, 6.45) is 0.355. The topological polar surface area (TPSA) is 67.9 Å². The number of hydrogen-bond acceptors (Lipinski definition) is 5. The zero-order valence-electron chi connectivity index (χ0n) is 13.3. The van der Waals surface area contributed by atoms with E-state index in [2.05, 4.69) is 17.9 Å². The average Bonchev–Trinajstić information content (AvgIpc) is 2.92. The molecule has 2 amide bonds. The number of likely N-dealkylation sites (tertiary alicyclic amines) is 1. The van der Waals surface area contributed by atoms with Crippen molar-refractivity contribution in [3.63, 3.8) is 0 Å². The molecule has 1 aromatic carbocycles. The molecule has 126 valence electrons. The molecule has 1 saturated heterocycles. The van der Waals surface area contributed by atoms with Gasteiger partial charge < -0.3 is 19.7 Å². The van der Waals surface area contributed by atoms with Crippen molar-refractivity contribution in [2.45, 2.75) is 31.2 Å². The van der Waals surface area contributed by atoms with Crippen molar-refractivity contribution < 1.29 is 19.1 Å². The summed E-state index contributed by atoms with van der Waals surface area (Å²) < 4.78 is 10.5. The van der Waals surface area contributed by atoms with Crippen LogP contribution in [0, 0.1) is 0 Å². The highest BCUT2D eigenvalue weighted by Crippen LogP contribution is 2.22. The summed E-state index contributed by atoms with van der Waals surface area (Å²) in [5.41, 5.74) is 0.888. The lowest BCUT2D eigenvalue weighted by Gasteiger charge is -2.24. The van der Waals surface area contributed by atoms with Crippen molar-refractivity contribution in [1.29, 1.82) is 0 Å². The van der Waals surface area contributed by atoms with Crippen molar-refractivity contribution in [3.05, 3.63) is 29.8 Å². The fraction of sp³-hybridized carbons (Fsp3) is 0.500. The fourth-order valence-corrected chi connectivity index (χ4v) is 2.94. The van der Waals surface area contributed by atoms with Gasteiger partial charge in [0.25, 0.3) is 0 Å². The molecule has 1 aliphatic rings. The molecule has 0 unspecified atom stereocenters. The predicted molar refractivity (Wildman–Crippen MR) is 89.7 cm³/mol. The molecule has 0 saturated carbocycles. The molecule has 1 fully saturated rings. The molecule has 7 heteroatoms. The van der Waals surface area contributed by atoms with Gasteiger partial charge in [-0.15, -0.1) is 0 Å². The van der Waals surface area contributed by atoms with Gasteiger partial charge in [0, 0.05) is 25.3 Å². The molecule has 0 aliphatic carbocycles. The molecule has 1 aliphatic heterocycles. The largest absolute Gasteiger partial charge is 0.497 e. The Bertz CT molecular complexity index is 550. The van der Waals surface area contributed by atoms with Gasteiger partial charge in [-0.3, -0.25) is 4.79 Å². The highest BCUT2D eigenvalue weighted by molar-refractivity contribution is 7.81. The summed E-state index contributed by atoms with van der Waals surface area (Å²) in [6.45, 7) is 2.60. The molecule has 0 bridgehead atoms. The van der Waals surface area contributed by atoms with E-state index in [-0.39, 0.29) is 29.9 Å². The lowest BCUT2D eigenvalue weighted by Crippen LogP contribution is -2.42. The van der Waals surface area contributed by atoms with Crippen molar-refractivity contribution in [2.75, 3.05) is 20.2 Å². The van der Waals surface area contributed by atoms with Crippen LogP contribution in [0.3, 0.4) is 0 Å². The molecule has 2 rings (SSSR count). The van der Waals surface area contributed by atoms with Crippen LogP contribution in [0.2, 0.25) is 0 Å². The Morgan fingerprint density at radius 1 is 1.35 bits per heavy atom. The van der Waals surface area contributed by atoms with E-state index in [9.17, 15) is 9.59 Å². The van der Waals surface area contributed by atoms with Crippen LogP contribution in [0.25, 0.3) is 0 Å². The standard InChI is InChI=1S/C16H22N2O4S/c1-11(19)17-8-13-7-15(23)9-18(13)16(20)22-10-12-3-5-14(21-2)6-4-12/h3-6,13,15,23H,7-10H2,1-2H3,(H,17,19)/t13-,15-/m0/s1. The van der Waals surface area contributed by atoms with Crippen LogP contribution in [0.1, 0.15) is 18.9 Å². The van der Waals surface area contributed by atoms with Crippen molar-refractivity contribution >= 4 is 24.6 Å². The lowest BCUT2D eigenvalue weighted by atomic mass is 10.2. The van der Waals surface area contributed by atoms with E-state index in [0.29, 0.717) is 13.1 Å². The number of benzene rings is 1. The molecule has 1 N–H and O–H groups in total. The number of ether oxygens (including phenoxy) is 2. The zero-order valence-corrected chi connectivity index (χ0v) is 14.2. The van der Waals surface area contributed by atoms with Gasteiger partial charge in [-0.2, -0.15) is 12.6 Å². The van der Waals surface area contributed by atoms with Crippen LogP contribution in [0.4, 0.5) is 4.79 Å². The number of carbonyl (C=O) groups excluding carboxylic acids is 2. The average molecular weight is 338 g/mol.